The maximum Gasteiger partial charge on any atom is 0.237 e. The Morgan fingerprint density at radius 1 is 1.37 bits per heavy atom. The van der Waals surface area contributed by atoms with Crippen LogP contribution in [0.4, 0.5) is 0 Å². The average Bonchev–Trinajstić information content (AvgIpc) is 2.76. The summed E-state index contributed by atoms with van der Waals surface area (Å²) in [7, 11) is 0. The van der Waals surface area contributed by atoms with Gasteiger partial charge < -0.3 is 11.1 Å². The van der Waals surface area contributed by atoms with Gasteiger partial charge in [-0.05, 0) is 30.7 Å². The van der Waals surface area contributed by atoms with Crippen LogP contribution in [0, 0.1) is 5.92 Å². The summed E-state index contributed by atoms with van der Waals surface area (Å²) in [6.45, 7) is 2.20. The van der Waals surface area contributed by atoms with Crippen LogP contribution in [0.1, 0.15) is 31.7 Å². The number of nitrogens with one attached hydrogen (secondary N) is 1. The van der Waals surface area contributed by atoms with Gasteiger partial charge in [0, 0.05) is 6.04 Å². The summed E-state index contributed by atoms with van der Waals surface area (Å²) >= 11 is 0. The van der Waals surface area contributed by atoms with Gasteiger partial charge in [-0.1, -0.05) is 43.7 Å². The smallest absolute Gasteiger partial charge is 0.237 e. The first-order valence-electron chi connectivity index (χ1n) is 6.76. The summed E-state index contributed by atoms with van der Waals surface area (Å²) in [6.07, 6.45) is 4.11. The molecule has 0 bridgehead atoms. The zero-order chi connectivity index (χ0) is 13.0. The fourth-order valence-corrected chi connectivity index (χ4v) is 2.61. The number of halogens is 1. The summed E-state index contributed by atoms with van der Waals surface area (Å²) in [5.41, 5.74) is 7.07. The number of benzene rings is 1. The van der Waals surface area contributed by atoms with Crippen molar-refractivity contribution in [2.75, 3.05) is 0 Å². The second kappa shape index (κ2) is 7.51. The lowest BCUT2D eigenvalue weighted by Crippen LogP contribution is -2.47. The van der Waals surface area contributed by atoms with Crippen LogP contribution in [-0.4, -0.2) is 18.0 Å². The molecule has 1 fully saturated rings. The van der Waals surface area contributed by atoms with Crippen molar-refractivity contribution in [3.8, 4) is 0 Å². The maximum absolute atomic E-state index is 12.0. The normalized spacial score (nSPS) is 23.5. The van der Waals surface area contributed by atoms with Crippen LogP contribution in [0.2, 0.25) is 0 Å². The number of hydrogen-bond acceptors (Lipinski definition) is 2. The zero-order valence-electron chi connectivity index (χ0n) is 11.3. The van der Waals surface area contributed by atoms with Crippen LogP contribution in [0.25, 0.3) is 0 Å². The van der Waals surface area contributed by atoms with E-state index in [1.54, 1.807) is 0 Å². The van der Waals surface area contributed by atoms with Gasteiger partial charge in [0.05, 0.1) is 6.04 Å². The Kier molecular flexibility index (Phi) is 6.32. The Morgan fingerprint density at radius 2 is 2.05 bits per heavy atom. The van der Waals surface area contributed by atoms with Crippen LogP contribution in [-0.2, 0) is 11.2 Å². The number of carbonyl (C=O) groups is 1. The predicted molar refractivity (Wildman–Crippen MR) is 80.3 cm³/mol. The molecule has 1 aromatic carbocycles. The van der Waals surface area contributed by atoms with Crippen molar-refractivity contribution in [3.63, 3.8) is 0 Å². The summed E-state index contributed by atoms with van der Waals surface area (Å²) in [6, 6.07) is 9.80. The molecule has 1 saturated carbocycles. The number of nitrogens with two attached hydrogens (primary N) is 1. The maximum atomic E-state index is 12.0. The molecule has 3 N–H and O–H groups in total. The van der Waals surface area contributed by atoms with E-state index >= 15 is 0 Å². The van der Waals surface area contributed by atoms with Crippen LogP contribution in [0.3, 0.4) is 0 Å². The molecule has 1 amide bonds. The van der Waals surface area contributed by atoms with E-state index in [1.165, 1.54) is 12.8 Å². The average molecular weight is 283 g/mol. The number of amides is 1. The third kappa shape index (κ3) is 4.51. The predicted octanol–water partition coefficient (Wildman–Crippen LogP) is 2.28. The Bertz CT molecular complexity index is 396. The molecule has 0 aromatic heterocycles. The molecule has 3 unspecified atom stereocenters. The first-order valence-corrected chi connectivity index (χ1v) is 6.76. The molecule has 0 spiro atoms. The first kappa shape index (κ1) is 16.0. The largest absolute Gasteiger partial charge is 0.352 e. The number of hydrogen-bond donors (Lipinski definition) is 2. The van der Waals surface area contributed by atoms with E-state index < -0.39 is 6.04 Å². The van der Waals surface area contributed by atoms with Crippen molar-refractivity contribution in [2.24, 2.45) is 11.7 Å². The van der Waals surface area contributed by atoms with E-state index in [4.69, 9.17) is 5.73 Å². The second-order valence-electron chi connectivity index (χ2n) is 5.32. The molecule has 0 heterocycles. The van der Waals surface area contributed by atoms with E-state index in [2.05, 4.69) is 12.2 Å². The third-order valence-electron chi connectivity index (χ3n) is 3.82. The first-order chi connectivity index (χ1) is 8.66. The fourth-order valence-electron chi connectivity index (χ4n) is 2.61. The van der Waals surface area contributed by atoms with Crippen LogP contribution < -0.4 is 11.1 Å². The summed E-state index contributed by atoms with van der Waals surface area (Å²) in [5, 5.41) is 3.08. The Balaban J connectivity index is 0.00000180. The summed E-state index contributed by atoms with van der Waals surface area (Å²) in [5.74, 6) is 0.565. The molecular weight excluding hydrogens is 260 g/mol. The standard InChI is InChI=1S/C15H22N2O.ClH/c1-11-6-5-9-14(11)17-15(18)13(16)10-12-7-3-2-4-8-12;/h2-4,7-8,11,13-14H,5-6,9-10,16H2,1H3,(H,17,18);1H. The molecule has 1 aliphatic carbocycles. The minimum absolute atomic E-state index is 0. The summed E-state index contributed by atoms with van der Waals surface area (Å²) in [4.78, 5) is 12.0. The summed E-state index contributed by atoms with van der Waals surface area (Å²) < 4.78 is 0. The number of rotatable bonds is 4. The minimum atomic E-state index is -0.444. The highest BCUT2D eigenvalue weighted by atomic mass is 35.5. The lowest BCUT2D eigenvalue weighted by atomic mass is 10.0. The topological polar surface area (TPSA) is 55.1 Å². The third-order valence-corrected chi connectivity index (χ3v) is 3.82. The minimum Gasteiger partial charge on any atom is -0.352 e. The number of carbonyl (C=O) groups excluding carboxylic acids is 1. The van der Waals surface area contributed by atoms with Crippen molar-refractivity contribution >= 4 is 18.3 Å². The van der Waals surface area contributed by atoms with Crippen LogP contribution in [0.15, 0.2) is 30.3 Å². The van der Waals surface area contributed by atoms with Crippen LogP contribution >= 0.6 is 12.4 Å². The molecule has 0 radical (unpaired) electrons. The van der Waals surface area contributed by atoms with E-state index in [9.17, 15) is 4.79 Å². The quantitative estimate of drug-likeness (QED) is 0.890. The van der Waals surface area contributed by atoms with Crippen molar-refractivity contribution < 1.29 is 4.79 Å². The van der Waals surface area contributed by atoms with Gasteiger partial charge in [0.15, 0.2) is 0 Å². The van der Waals surface area contributed by atoms with Crippen LogP contribution in [0.5, 0.6) is 0 Å². The van der Waals surface area contributed by atoms with Gasteiger partial charge >= 0.3 is 0 Å². The molecule has 3 atom stereocenters. The Morgan fingerprint density at radius 3 is 2.63 bits per heavy atom. The van der Waals surface area contributed by atoms with Gasteiger partial charge in [-0.25, -0.2) is 0 Å². The SMILES string of the molecule is CC1CCCC1NC(=O)C(N)Cc1ccccc1.Cl. The Labute approximate surface area is 121 Å². The molecular formula is C15H23ClN2O. The van der Waals surface area contributed by atoms with Crippen molar-refractivity contribution in [1.82, 2.24) is 5.32 Å². The van der Waals surface area contributed by atoms with Crippen molar-refractivity contribution in [2.45, 2.75) is 44.7 Å². The van der Waals surface area contributed by atoms with Gasteiger partial charge in [-0.2, -0.15) is 0 Å². The molecule has 3 nitrogen and oxygen atoms in total. The highest BCUT2D eigenvalue weighted by Gasteiger charge is 2.26. The molecule has 0 saturated heterocycles. The van der Waals surface area contributed by atoms with Gasteiger partial charge in [0.25, 0.3) is 0 Å². The lowest BCUT2D eigenvalue weighted by molar-refractivity contribution is -0.123. The molecule has 1 aliphatic rings. The van der Waals surface area contributed by atoms with E-state index in [1.807, 2.05) is 30.3 Å². The van der Waals surface area contributed by atoms with E-state index in [0.29, 0.717) is 18.4 Å². The molecule has 0 aliphatic heterocycles. The lowest BCUT2D eigenvalue weighted by Gasteiger charge is -2.20. The van der Waals surface area contributed by atoms with E-state index in [-0.39, 0.29) is 18.3 Å². The molecule has 4 heteroatoms. The van der Waals surface area contributed by atoms with Gasteiger partial charge in [0.2, 0.25) is 5.91 Å². The van der Waals surface area contributed by atoms with Gasteiger partial charge in [-0.15, -0.1) is 12.4 Å². The molecule has 19 heavy (non-hydrogen) atoms. The molecule has 2 rings (SSSR count). The van der Waals surface area contributed by atoms with Gasteiger partial charge in [-0.3, -0.25) is 4.79 Å². The fraction of sp³-hybridized carbons (Fsp3) is 0.533. The van der Waals surface area contributed by atoms with Crippen molar-refractivity contribution in [1.29, 1.82) is 0 Å². The zero-order valence-corrected chi connectivity index (χ0v) is 12.2. The monoisotopic (exact) mass is 282 g/mol. The Hall–Kier alpha value is -1.06. The van der Waals surface area contributed by atoms with Crippen molar-refractivity contribution in [3.05, 3.63) is 35.9 Å². The second-order valence-corrected chi connectivity index (χ2v) is 5.32. The molecule has 106 valence electrons. The van der Waals surface area contributed by atoms with Gasteiger partial charge in [0.1, 0.15) is 0 Å². The highest BCUT2D eigenvalue weighted by Crippen LogP contribution is 2.24. The highest BCUT2D eigenvalue weighted by molar-refractivity contribution is 5.85. The molecule has 1 aromatic rings. The van der Waals surface area contributed by atoms with E-state index in [0.717, 1.165) is 12.0 Å².